The van der Waals surface area contributed by atoms with E-state index >= 15 is 0 Å². The Morgan fingerprint density at radius 3 is 2.70 bits per heavy atom. The van der Waals surface area contributed by atoms with Gasteiger partial charge in [0.15, 0.2) is 0 Å². The summed E-state index contributed by atoms with van der Waals surface area (Å²) in [7, 11) is 1.72. The lowest BCUT2D eigenvalue weighted by atomic mass is 10.0. The van der Waals surface area contributed by atoms with Crippen LogP contribution in [-0.4, -0.2) is 46.6 Å². The lowest BCUT2D eigenvalue weighted by Gasteiger charge is -2.28. The average molecular weight is 277 g/mol. The molecule has 0 radical (unpaired) electrons. The van der Waals surface area contributed by atoms with Crippen LogP contribution in [-0.2, 0) is 0 Å². The van der Waals surface area contributed by atoms with Gasteiger partial charge in [0, 0.05) is 20.1 Å². The molecule has 0 aliphatic heterocycles. The number of rotatable bonds is 5. The summed E-state index contributed by atoms with van der Waals surface area (Å²) in [6.07, 6.45) is 5.28. The number of anilines is 1. The minimum absolute atomic E-state index is 0.145. The number of nitrogens with one attached hydrogen (secondary N) is 1. The zero-order chi connectivity index (χ0) is 14.6. The topological polar surface area (TPSA) is 65.5 Å². The Morgan fingerprint density at radius 1 is 1.45 bits per heavy atom. The Hall–Kier alpha value is -1.62. The summed E-state index contributed by atoms with van der Waals surface area (Å²) in [6.45, 7) is 3.21. The second-order valence-electron chi connectivity index (χ2n) is 5.56. The van der Waals surface area contributed by atoms with Gasteiger partial charge in [0.05, 0.1) is 17.5 Å². The van der Waals surface area contributed by atoms with Crippen molar-refractivity contribution in [2.75, 3.05) is 25.5 Å². The Bertz CT molecular complexity index is 453. The molecule has 1 aliphatic carbocycles. The third kappa shape index (κ3) is 3.48. The Kier molecular flexibility index (Phi) is 4.60. The fourth-order valence-electron chi connectivity index (χ4n) is 2.73. The number of likely N-dealkylation sites (N-methyl/N-ethyl adjacent to an activating group) is 1. The second-order valence-corrected chi connectivity index (χ2v) is 5.56. The van der Waals surface area contributed by atoms with Crippen LogP contribution in [0.2, 0.25) is 0 Å². The van der Waals surface area contributed by atoms with Crippen molar-refractivity contribution in [3.05, 3.63) is 24.0 Å². The van der Waals surface area contributed by atoms with Gasteiger partial charge >= 0.3 is 0 Å². The third-order valence-corrected chi connectivity index (χ3v) is 3.78. The molecule has 0 spiro atoms. The number of hydrogen-bond acceptors (Lipinski definition) is 4. The molecule has 0 unspecified atom stereocenters. The van der Waals surface area contributed by atoms with E-state index in [9.17, 15) is 9.90 Å². The highest BCUT2D eigenvalue weighted by Crippen LogP contribution is 2.30. The molecule has 110 valence electrons. The minimum Gasteiger partial charge on any atom is -0.388 e. The van der Waals surface area contributed by atoms with Gasteiger partial charge in [-0.2, -0.15) is 0 Å². The summed E-state index contributed by atoms with van der Waals surface area (Å²) < 4.78 is 0. The van der Waals surface area contributed by atoms with Crippen LogP contribution in [0.1, 0.15) is 43.1 Å². The average Bonchev–Trinajstić information content (AvgIpc) is 2.85. The van der Waals surface area contributed by atoms with Crippen LogP contribution >= 0.6 is 0 Å². The molecule has 2 N–H and O–H groups in total. The lowest BCUT2D eigenvalue weighted by molar-refractivity contribution is 0.0155. The van der Waals surface area contributed by atoms with E-state index in [0.29, 0.717) is 12.2 Å². The number of aliphatic hydroxyl groups is 1. The molecule has 0 saturated heterocycles. The summed E-state index contributed by atoms with van der Waals surface area (Å²) in [4.78, 5) is 18.0. The van der Waals surface area contributed by atoms with Crippen molar-refractivity contribution in [3.63, 3.8) is 0 Å². The molecule has 1 heterocycles. The van der Waals surface area contributed by atoms with Crippen LogP contribution in [0.3, 0.4) is 0 Å². The van der Waals surface area contributed by atoms with Crippen molar-refractivity contribution in [1.29, 1.82) is 0 Å². The number of carbonyl (C=O) groups excluding carboxylic acids is 1. The van der Waals surface area contributed by atoms with Gasteiger partial charge in [-0.25, -0.2) is 4.98 Å². The number of aromatic nitrogens is 1. The smallest absolute Gasteiger partial charge is 0.272 e. The quantitative estimate of drug-likeness (QED) is 0.862. The molecule has 1 fully saturated rings. The lowest BCUT2D eigenvalue weighted by Crippen LogP contribution is -2.42. The van der Waals surface area contributed by atoms with Crippen molar-refractivity contribution >= 4 is 11.6 Å². The molecule has 20 heavy (non-hydrogen) atoms. The van der Waals surface area contributed by atoms with E-state index in [0.717, 1.165) is 37.9 Å². The molecule has 0 aromatic carbocycles. The van der Waals surface area contributed by atoms with Crippen molar-refractivity contribution in [2.24, 2.45) is 0 Å². The predicted octanol–water partition coefficient (Wildman–Crippen LogP) is 1.89. The van der Waals surface area contributed by atoms with E-state index < -0.39 is 5.60 Å². The van der Waals surface area contributed by atoms with Crippen LogP contribution in [0.5, 0.6) is 0 Å². The molecule has 5 heteroatoms. The molecule has 1 amide bonds. The SMILES string of the molecule is CCNc1ccc(C(=O)N(C)CC2(O)CCCC2)nc1. The summed E-state index contributed by atoms with van der Waals surface area (Å²) >= 11 is 0. The van der Waals surface area contributed by atoms with Crippen LogP contribution in [0.4, 0.5) is 5.69 Å². The van der Waals surface area contributed by atoms with Gasteiger partial charge in [-0.05, 0) is 31.9 Å². The van der Waals surface area contributed by atoms with Crippen LogP contribution < -0.4 is 5.32 Å². The number of carbonyl (C=O) groups is 1. The van der Waals surface area contributed by atoms with E-state index in [1.807, 2.05) is 13.0 Å². The molecule has 2 rings (SSSR count). The maximum atomic E-state index is 12.3. The summed E-state index contributed by atoms with van der Waals surface area (Å²) in [5, 5.41) is 13.5. The van der Waals surface area contributed by atoms with E-state index in [2.05, 4.69) is 10.3 Å². The Labute approximate surface area is 120 Å². The van der Waals surface area contributed by atoms with Gasteiger partial charge in [0.1, 0.15) is 5.69 Å². The molecule has 1 aromatic heterocycles. The maximum Gasteiger partial charge on any atom is 0.272 e. The summed E-state index contributed by atoms with van der Waals surface area (Å²) in [6, 6.07) is 3.57. The second kappa shape index (κ2) is 6.22. The van der Waals surface area contributed by atoms with Crippen molar-refractivity contribution in [3.8, 4) is 0 Å². The zero-order valence-corrected chi connectivity index (χ0v) is 12.2. The molecule has 0 atom stereocenters. The standard InChI is InChI=1S/C15H23N3O2/c1-3-16-12-6-7-13(17-10-12)14(19)18(2)11-15(20)8-4-5-9-15/h6-7,10,16,20H,3-5,8-9,11H2,1-2H3. The first-order valence-electron chi connectivity index (χ1n) is 7.22. The van der Waals surface area contributed by atoms with Crippen LogP contribution in [0, 0.1) is 0 Å². The highest BCUT2D eigenvalue weighted by Gasteiger charge is 2.33. The number of hydrogen-bond donors (Lipinski definition) is 2. The monoisotopic (exact) mass is 277 g/mol. The number of nitrogens with zero attached hydrogens (tertiary/aromatic N) is 2. The van der Waals surface area contributed by atoms with Gasteiger partial charge < -0.3 is 15.3 Å². The zero-order valence-electron chi connectivity index (χ0n) is 12.2. The molecular weight excluding hydrogens is 254 g/mol. The number of pyridine rings is 1. The minimum atomic E-state index is -0.714. The molecule has 1 aliphatic rings. The molecular formula is C15H23N3O2. The van der Waals surface area contributed by atoms with Crippen LogP contribution in [0.25, 0.3) is 0 Å². The highest BCUT2D eigenvalue weighted by atomic mass is 16.3. The fourth-order valence-corrected chi connectivity index (χ4v) is 2.73. The van der Waals surface area contributed by atoms with Gasteiger partial charge in [0.25, 0.3) is 5.91 Å². The van der Waals surface area contributed by atoms with E-state index in [1.165, 1.54) is 0 Å². The van der Waals surface area contributed by atoms with E-state index in [1.54, 1.807) is 24.2 Å². The fraction of sp³-hybridized carbons (Fsp3) is 0.600. The Morgan fingerprint density at radius 2 is 2.15 bits per heavy atom. The summed E-state index contributed by atoms with van der Waals surface area (Å²) in [5.74, 6) is -0.145. The normalized spacial score (nSPS) is 16.9. The predicted molar refractivity (Wildman–Crippen MR) is 78.8 cm³/mol. The highest BCUT2D eigenvalue weighted by molar-refractivity contribution is 5.92. The van der Waals surface area contributed by atoms with E-state index in [-0.39, 0.29) is 5.91 Å². The van der Waals surface area contributed by atoms with Crippen molar-refractivity contribution in [1.82, 2.24) is 9.88 Å². The molecule has 1 saturated carbocycles. The van der Waals surface area contributed by atoms with Crippen LogP contribution in [0.15, 0.2) is 18.3 Å². The van der Waals surface area contributed by atoms with Gasteiger partial charge in [-0.15, -0.1) is 0 Å². The summed E-state index contributed by atoms with van der Waals surface area (Å²) in [5.41, 5.74) is 0.602. The third-order valence-electron chi connectivity index (χ3n) is 3.78. The molecule has 0 bridgehead atoms. The van der Waals surface area contributed by atoms with E-state index in [4.69, 9.17) is 0 Å². The van der Waals surface area contributed by atoms with Crippen molar-refractivity contribution in [2.45, 2.75) is 38.2 Å². The van der Waals surface area contributed by atoms with Crippen molar-refractivity contribution < 1.29 is 9.90 Å². The van der Waals surface area contributed by atoms with Gasteiger partial charge in [-0.3, -0.25) is 4.79 Å². The first kappa shape index (κ1) is 14.8. The molecule has 5 nitrogen and oxygen atoms in total. The van der Waals surface area contributed by atoms with Gasteiger partial charge in [0.2, 0.25) is 0 Å². The number of amides is 1. The maximum absolute atomic E-state index is 12.3. The Balaban J connectivity index is 1.99. The largest absolute Gasteiger partial charge is 0.388 e. The molecule has 1 aromatic rings. The first-order chi connectivity index (χ1) is 9.54. The van der Waals surface area contributed by atoms with Gasteiger partial charge in [-0.1, -0.05) is 12.8 Å². The first-order valence-corrected chi connectivity index (χ1v) is 7.22.